The maximum absolute atomic E-state index is 12.7. The zero-order valence-corrected chi connectivity index (χ0v) is 18.1. The predicted octanol–water partition coefficient (Wildman–Crippen LogP) is 2.75. The Bertz CT molecular complexity index is 1440. The molecule has 0 saturated heterocycles. The molecule has 1 amide bonds. The van der Waals surface area contributed by atoms with Gasteiger partial charge in [-0.15, -0.1) is 11.3 Å². The van der Waals surface area contributed by atoms with Crippen LogP contribution >= 0.6 is 11.3 Å². The number of nitrogens with one attached hydrogen (secondary N) is 2. The third-order valence-electron chi connectivity index (χ3n) is 4.54. The van der Waals surface area contributed by atoms with Gasteiger partial charge in [-0.25, -0.2) is 18.4 Å². The van der Waals surface area contributed by atoms with Crippen molar-refractivity contribution in [2.45, 2.75) is 11.8 Å². The number of pyridine rings is 1. The van der Waals surface area contributed by atoms with Crippen molar-refractivity contribution in [1.82, 2.24) is 14.5 Å². The summed E-state index contributed by atoms with van der Waals surface area (Å²) < 4.78 is 28.7. The van der Waals surface area contributed by atoms with Crippen LogP contribution in [0, 0.1) is 6.92 Å². The lowest BCUT2D eigenvalue weighted by Gasteiger charge is -2.09. The van der Waals surface area contributed by atoms with Crippen LogP contribution in [-0.2, 0) is 17.1 Å². The van der Waals surface area contributed by atoms with Crippen molar-refractivity contribution >= 4 is 49.0 Å². The number of hydrogen-bond acceptors (Lipinski definition) is 7. The summed E-state index contributed by atoms with van der Waals surface area (Å²) >= 11 is 1.13. The molecule has 0 atom stereocenters. The van der Waals surface area contributed by atoms with Crippen molar-refractivity contribution in [2.75, 3.05) is 10.0 Å². The lowest BCUT2D eigenvalue weighted by atomic mass is 10.2. The number of sulfonamides is 1. The Morgan fingerprint density at radius 3 is 2.52 bits per heavy atom. The monoisotopic (exact) mass is 455 g/mol. The molecule has 4 aromatic rings. The zero-order valence-electron chi connectivity index (χ0n) is 16.5. The summed E-state index contributed by atoms with van der Waals surface area (Å²) in [4.78, 5) is 34.1. The average Bonchev–Trinajstić information content (AvgIpc) is 3.09. The highest BCUT2D eigenvalue weighted by molar-refractivity contribution is 7.92. The quantitative estimate of drug-likeness (QED) is 0.477. The Labute approximate surface area is 181 Å². The normalized spacial score (nSPS) is 11.4. The van der Waals surface area contributed by atoms with Gasteiger partial charge in [-0.2, -0.15) is 0 Å². The van der Waals surface area contributed by atoms with E-state index >= 15 is 0 Å². The molecule has 11 heteroatoms. The van der Waals surface area contributed by atoms with Gasteiger partial charge in [-0.1, -0.05) is 6.07 Å². The first-order chi connectivity index (χ1) is 14.8. The molecule has 31 heavy (non-hydrogen) atoms. The standard InChI is InChI=1S/C20H17N5O4S2/c1-12-16-19(22-11-25(2)20(16)27)30-17(12)18(26)23-13-6-8-14(9-7-13)31(28,29)24-15-5-3-4-10-21-15/h3-11H,1-2H3,(H,21,24)(H,23,26). The molecule has 0 aliphatic heterocycles. The van der Waals surface area contributed by atoms with Gasteiger partial charge in [0.2, 0.25) is 0 Å². The van der Waals surface area contributed by atoms with E-state index in [9.17, 15) is 18.0 Å². The highest BCUT2D eigenvalue weighted by atomic mass is 32.2. The first-order valence-electron chi connectivity index (χ1n) is 9.06. The van der Waals surface area contributed by atoms with E-state index in [1.54, 1.807) is 32.2 Å². The number of carbonyl (C=O) groups is 1. The summed E-state index contributed by atoms with van der Waals surface area (Å²) in [5.41, 5.74) is 0.761. The van der Waals surface area contributed by atoms with Gasteiger partial charge in [0.15, 0.2) is 0 Å². The maximum Gasteiger partial charge on any atom is 0.266 e. The van der Waals surface area contributed by atoms with Gasteiger partial charge >= 0.3 is 0 Å². The molecular weight excluding hydrogens is 438 g/mol. The summed E-state index contributed by atoms with van der Waals surface area (Å²) in [5.74, 6) is -0.190. The number of aryl methyl sites for hydroxylation is 2. The summed E-state index contributed by atoms with van der Waals surface area (Å²) in [6.07, 6.45) is 2.90. The van der Waals surface area contributed by atoms with E-state index in [1.807, 2.05) is 0 Å². The number of aromatic nitrogens is 3. The number of fused-ring (bicyclic) bond motifs is 1. The molecule has 3 heterocycles. The molecule has 158 valence electrons. The molecule has 0 spiro atoms. The van der Waals surface area contributed by atoms with E-state index in [0.717, 1.165) is 11.3 Å². The minimum atomic E-state index is -3.81. The van der Waals surface area contributed by atoms with Gasteiger partial charge in [-0.3, -0.25) is 14.3 Å². The van der Waals surface area contributed by atoms with Crippen molar-refractivity contribution in [3.63, 3.8) is 0 Å². The van der Waals surface area contributed by atoms with E-state index in [2.05, 4.69) is 20.0 Å². The predicted molar refractivity (Wildman–Crippen MR) is 119 cm³/mol. The van der Waals surface area contributed by atoms with Crippen LogP contribution in [0.2, 0.25) is 0 Å². The zero-order chi connectivity index (χ0) is 22.2. The van der Waals surface area contributed by atoms with E-state index in [0.29, 0.717) is 26.3 Å². The van der Waals surface area contributed by atoms with Crippen molar-refractivity contribution in [1.29, 1.82) is 0 Å². The van der Waals surface area contributed by atoms with Crippen molar-refractivity contribution in [3.8, 4) is 0 Å². The Balaban J connectivity index is 1.55. The molecule has 4 rings (SSSR count). The molecular formula is C20H17N5O4S2. The number of rotatable bonds is 5. The fraction of sp³-hybridized carbons (Fsp3) is 0.100. The Morgan fingerprint density at radius 1 is 1.10 bits per heavy atom. The van der Waals surface area contributed by atoms with Crippen LogP contribution in [0.4, 0.5) is 11.5 Å². The Morgan fingerprint density at radius 2 is 1.84 bits per heavy atom. The number of hydrogen-bond donors (Lipinski definition) is 2. The van der Waals surface area contributed by atoms with E-state index < -0.39 is 15.9 Å². The Hall–Kier alpha value is -3.57. The van der Waals surface area contributed by atoms with Crippen LogP contribution in [0.5, 0.6) is 0 Å². The van der Waals surface area contributed by atoms with Crippen LogP contribution in [-0.4, -0.2) is 28.9 Å². The van der Waals surface area contributed by atoms with Crippen LogP contribution in [0.1, 0.15) is 15.2 Å². The van der Waals surface area contributed by atoms with Crippen molar-refractivity contribution in [2.24, 2.45) is 7.05 Å². The van der Waals surface area contributed by atoms with E-state index in [1.165, 1.54) is 41.4 Å². The molecule has 2 N–H and O–H groups in total. The molecule has 0 radical (unpaired) electrons. The summed E-state index contributed by atoms with van der Waals surface area (Å²) in [7, 11) is -2.21. The van der Waals surface area contributed by atoms with Crippen LogP contribution in [0.25, 0.3) is 10.2 Å². The van der Waals surface area contributed by atoms with Crippen molar-refractivity contribution < 1.29 is 13.2 Å². The Kier molecular flexibility index (Phi) is 5.29. The first kappa shape index (κ1) is 20.7. The van der Waals surface area contributed by atoms with Crippen LogP contribution in [0.15, 0.2) is 64.7 Å². The van der Waals surface area contributed by atoms with Gasteiger partial charge in [0.05, 0.1) is 21.5 Å². The van der Waals surface area contributed by atoms with Gasteiger partial charge in [-0.05, 0) is 48.9 Å². The molecule has 0 unspecified atom stereocenters. The van der Waals surface area contributed by atoms with Gasteiger partial charge in [0, 0.05) is 18.9 Å². The number of nitrogens with zero attached hydrogens (tertiary/aromatic N) is 3. The number of thiophene rings is 1. The highest BCUT2D eigenvalue weighted by Crippen LogP contribution is 2.27. The summed E-state index contributed by atoms with van der Waals surface area (Å²) in [6, 6.07) is 10.6. The fourth-order valence-electron chi connectivity index (χ4n) is 2.95. The number of anilines is 2. The van der Waals surface area contributed by atoms with Gasteiger partial charge in [0.1, 0.15) is 10.6 Å². The molecule has 9 nitrogen and oxygen atoms in total. The fourth-order valence-corrected chi connectivity index (χ4v) is 4.99. The minimum absolute atomic E-state index is 0.0295. The highest BCUT2D eigenvalue weighted by Gasteiger charge is 2.20. The van der Waals surface area contributed by atoms with E-state index in [-0.39, 0.29) is 16.3 Å². The largest absolute Gasteiger partial charge is 0.321 e. The molecule has 1 aromatic carbocycles. The topological polar surface area (TPSA) is 123 Å². The lowest BCUT2D eigenvalue weighted by Crippen LogP contribution is -2.17. The third-order valence-corrected chi connectivity index (χ3v) is 7.11. The minimum Gasteiger partial charge on any atom is -0.321 e. The smallest absolute Gasteiger partial charge is 0.266 e. The molecule has 0 saturated carbocycles. The van der Waals surface area contributed by atoms with Gasteiger partial charge < -0.3 is 9.88 Å². The summed E-state index contributed by atoms with van der Waals surface area (Å²) in [6.45, 7) is 1.70. The molecule has 0 fully saturated rings. The number of carbonyl (C=O) groups excluding carboxylic acids is 1. The molecule has 0 aliphatic rings. The maximum atomic E-state index is 12.7. The van der Waals surface area contributed by atoms with Crippen LogP contribution < -0.4 is 15.6 Å². The number of benzene rings is 1. The first-order valence-corrected chi connectivity index (χ1v) is 11.4. The second-order valence-electron chi connectivity index (χ2n) is 6.70. The SMILES string of the molecule is Cc1c(C(=O)Nc2ccc(S(=O)(=O)Nc3ccccn3)cc2)sc2ncn(C)c(=O)c12. The van der Waals surface area contributed by atoms with E-state index in [4.69, 9.17) is 0 Å². The second kappa shape index (κ2) is 7.93. The molecule has 3 aromatic heterocycles. The van der Waals surface area contributed by atoms with Crippen molar-refractivity contribution in [3.05, 3.63) is 75.8 Å². The lowest BCUT2D eigenvalue weighted by molar-refractivity contribution is 0.103. The second-order valence-corrected chi connectivity index (χ2v) is 9.38. The number of amides is 1. The van der Waals surface area contributed by atoms with Gasteiger partial charge in [0.25, 0.3) is 21.5 Å². The summed E-state index contributed by atoms with van der Waals surface area (Å²) in [5, 5.41) is 3.15. The van der Waals surface area contributed by atoms with Crippen LogP contribution in [0.3, 0.4) is 0 Å². The molecule has 0 bridgehead atoms. The third kappa shape index (κ3) is 4.05. The molecule has 0 aliphatic carbocycles. The average molecular weight is 456 g/mol.